The lowest BCUT2D eigenvalue weighted by atomic mass is 10.0. The first-order valence-corrected chi connectivity index (χ1v) is 8.30. The standard InChI is InChI=1S/C22H12F2N2O2/c23-15-5-7-16(18(24)10-15)21(27)22-20(26)17-6-4-14(9-19(17)28-22)13-3-1-2-12(8-13)11-25/h1-10H,26H2. The molecule has 3 aromatic carbocycles. The van der Waals surface area contributed by atoms with Gasteiger partial charge in [0, 0.05) is 11.5 Å². The Morgan fingerprint density at radius 3 is 2.54 bits per heavy atom. The predicted octanol–water partition coefficient (Wildman–Crippen LogP) is 5.06. The number of nitriles is 1. The second-order valence-corrected chi connectivity index (χ2v) is 6.20. The van der Waals surface area contributed by atoms with E-state index in [4.69, 9.17) is 15.4 Å². The minimum Gasteiger partial charge on any atom is -0.450 e. The van der Waals surface area contributed by atoms with Gasteiger partial charge in [0.2, 0.25) is 5.78 Å². The molecule has 1 heterocycles. The van der Waals surface area contributed by atoms with Crippen molar-refractivity contribution in [1.82, 2.24) is 0 Å². The molecule has 28 heavy (non-hydrogen) atoms. The topological polar surface area (TPSA) is 80.0 Å². The van der Waals surface area contributed by atoms with E-state index in [0.29, 0.717) is 22.6 Å². The Labute approximate surface area is 158 Å². The summed E-state index contributed by atoms with van der Waals surface area (Å²) in [5.74, 6) is -2.74. The van der Waals surface area contributed by atoms with Gasteiger partial charge in [-0.1, -0.05) is 18.2 Å². The molecule has 0 saturated carbocycles. The molecule has 136 valence electrons. The monoisotopic (exact) mass is 374 g/mol. The van der Waals surface area contributed by atoms with E-state index in [9.17, 15) is 13.6 Å². The summed E-state index contributed by atoms with van der Waals surface area (Å²) in [5.41, 5.74) is 8.23. The van der Waals surface area contributed by atoms with Crippen molar-refractivity contribution in [2.45, 2.75) is 0 Å². The Hall–Kier alpha value is -3.98. The van der Waals surface area contributed by atoms with Crippen molar-refractivity contribution in [3.63, 3.8) is 0 Å². The number of carbonyl (C=O) groups is 1. The average molecular weight is 374 g/mol. The Kier molecular flexibility index (Phi) is 4.13. The zero-order valence-electron chi connectivity index (χ0n) is 14.4. The summed E-state index contributed by atoms with van der Waals surface area (Å²) in [4.78, 5) is 12.6. The minimum absolute atomic E-state index is 0.0843. The van der Waals surface area contributed by atoms with Crippen molar-refractivity contribution in [3.05, 3.63) is 89.2 Å². The predicted molar refractivity (Wildman–Crippen MR) is 101 cm³/mol. The van der Waals surface area contributed by atoms with Crippen LogP contribution in [0, 0.1) is 23.0 Å². The SMILES string of the molecule is N#Cc1cccc(-c2ccc3c(N)c(C(=O)c4ccc(F)cc4F)oc3c2)c1. The first kappa shape index (κ1) is 17.4. The van der Waals surface area contributed by atoms with Gasteiger partial charge in [-0.05, 0) is 47.5 Å². The smallest absolute Gasteiger partial charge is 0.233 e. The van der Waals surface area contributed by atoms with Gasteiger partial charge in [-0.3, -0.25) is 4.79 Å². The van der Waals surface area contributed by atoms with Gasteiger partial charge < -0.3 is 10.2 Å². The quantitative estimate of drug-likeness (QED) is 0.508. The van der Waals surface area contributed by atoms with Gasteiger partial charge in [0.05, 0.1) is 22.9 Å². The largest absolute Gasteiger partial charge is 0.450 e. The van der Waals surface area contributed by atoms with Gasteiger partial charge >= 0.3 is 0 Å². The fourth-order valence-corrected chi connectivity index (χ4v) is 3.03. The Morgan fingerprint density at radius 1 is 1.00 bits per heavy atom. The molecule has 0 saturated heterocycles. The lowest BCUT2D eigenvalue weighted by Gasteiger charge is -2.02. The number of hydrogen-bond acceptors (Lipinski definition) is 4. The summed E-state index contributed by atoms with van der Waals surface area (Å²) in [6.07, 6.45) is 0. The second kappa shape index (κ2) is 6.63. The highest BCUT2D eigenvalue weighted by Gasteiger charge is 2.23. The van der Waals surface area contributed by atoms with Crippen LogP contribution in [0.25, 0.3) is 22.1 Å². The van der Waals surface area contributed by atoms with E-state index in [1.54, 1.807) is 36.4 Å². The zero-order chi connectivity index (χ0) is 19.8. The van der Waals surface area contributed by atoms with Gasteiger partial charge in [-0.25, -0.2) is 8.78 Å². The molecule has 0 aliphatic carbocycles. The summed E-state index contributed by atoms with van der Waals surface area (Å²) >= 11 is 0. The molecule has 4 nitrogen and oxygen atoms in total. The zero-order valence-corrected chi connectivity index (χ0v) is 14.4. The van der Waals surface area contributed by atoms with E-state index >= 15 is 0 Å². The lowest BCUT2D eigenvalue weighted by molar-refractivity contribution is 0.101. The van der Waals surface area contributed by atoms with Crippen LogP contribution >= 0.6 is 0 Å². The molecule has 0 amide bonds. The molecule has 4 rings (SSSR count). The Balaban J connectivity index is 1.80. The normalized spacial score (nSPS) is 10.8. The number of nitrogen functional groups attached to an aromatic ring is 1. The van der Waals surface area contributed by atoms with Crippen molar-refractivity contribution in [1.29, 1.82) is 5.26 Å². The van der Waals surface area contributed by atoms with Crippen LogP contribution in [-0.4, -0.2) is 5.78 Å². The Morgan fingerprint density at radius 2 is 1.79 bits per heavy atom. The van der Waals surface area contributed by atoms with Crippen LogP contribution in [0.5, 0.6) is 0 Å². The van der Waals surface area contributed by atoms with Crippen molar-refractivity contribution in [3.8, 4) is 17.2 Å². The van der Waals surface area contributed by atoms with E-state index < -0.39 is 17.4 Å². The summed E-state index contributed by atoms with van der Waals surface area (Å²) in [5, 5.41) is 9.56. The lowest BCUT2D eigenvalue weighted by Crippen LogP contribution is -2.06. The molecular formula is C22H12F2N2O2. The van der Waals surface area contributed by atoms with Crippen molar-refractivity contribution >= 4 is 22.4 Å². The van der Waals surface area contributed by atoms with Gasteiger partial charge in [-0.2, -0.15) is 5.26 Å². The number of nitrogens with two attached hydrogens (primary N) is 1. The molecule has 0 aliphatic heterocycles. The van der Waals surface area contributed by atoms with E-state index in [1.807, 2.05) is 6.07 Å². The number of furan rings is 1. The average Bonchev–Trinajstić information content (AvgIpc) is 3.03. The summed E-state index contributed by atoms with van der Waals surface area (Å²) in [7, 11) is 0. The highest BCUT2D eigenvalue weighted by molar-refractivity contribution is 6.14. The molecular weight excluding hydrogens is 362 g/mol. The van der Waals surface area contributed by atoms with Crippen LogP contribution in [-0.2, 0) is 0 Å². The van der Waals surface area contributed by atoms with Crippen molar-refractivity contribution in [2.24, 2.45) is 0 Å². The van der Waals surface area contributed by atoms with Crippen LogP contribution in [0.4, 0.5) is 14.5 Å². The molecule has 0 radical (unpaired) electrons. The van der Waals surface area contributed by atoms with Gasteiger partial charge in [0.15, 0.2) is 5.76 Å². The maximum Gasteiger partial charge on any atom is 0.233 e. The number of ketones is 1. The van der Waals surface area contributed by atoms with Crippen LogP contribution in [0.1, 0.15) is 21.7 Å². The first-order valence-electron chi connectivity index (χ1n) is 8.30. The molecule has 2 N–H and O–H groups in total. The maximum absolute atomic E-state index is 14.0. The summed E-state index contributed by atoms with van der Waals surface area (Å²) in [6, 6.07) is 17.0. The van der Waals surface area contributed by atoms with Crippen LogP contribution in [0.15, 0.2) is 65.1 Å². The third kappa shape index (κ3) is 2.89. The van der Waals surface area contributed by atoms with E-state index in [2.05, 4.69) is 6.07 Å². The third-order valence-corrected chi connectivity index (χ3v) is 4.44. The molecule has 4 aromatic rings. The van der Waals surface area contributed by atoms with E-state index in [1.165, 1.54) is 0 Å². The fourth-order valence-electron chi connectivity index (χ4n) is 3.03. The number of carbonyl (C=O) groups excluding carboxylic acids is 1. The van der Waals surface area contributed by atoms with E-state index in [0.717, 1.165) is 23.3 Å². The van der Waals surface area contributed by atoms with Crippen LogP contribution in [0.3, 0.4) is 0 Å². The number of halogens is 2. The second-order valence-electron chi connectivity index (χ2n) is 6.20. The van der Waals surface area contributed by atoms with Gasteiger partial charge in [-0.15, -0.1) is 0 Å². The molecule has 0 atom stereocenters. The van der Waals surface area contributed by atoms with E-state index in [-0.39, 0.29) is 17.0 Å². The summed E-state index contributed by atoms with van der Waals surface area (Å²) < 4.78 is 32.7. The fraction of sp³-hybridized carbons (Fsp3) is 0. The highest BCUT2D eigenvalue weighted by atomic mass is 19.1. The number of benzene rings is 3. The molecule has 6 heteroatoms. The highest BCUT2D eigenvalue weighted by Crippen LogP contribution is 2.33. The minimum atomic E-state index is -0.987. The Bertz CT molecular complexity index is 1290. The molecule has 0 bridgehead atoms. The number of fused-ring (bicyclic) bond motifs is 1. The molecule has 0 spiro atoms. The number of anilines is 1. The van der Waals surface area contributed by atoms with Crippen molar-refractivity contribution in [2.75, 3.05) is 5.73 Å². The van der Waals surface area contributed by atoms with Gasteiger partial charge in [0.1, 0.15) is 17.2 Å². The number of nitrogens with zero attached hydrogens (tertiary/aromatic N) is 1. The molecule has 0 fully saturated rings. The first-order chi connectivity index (χ1) is 13.5. The maximum atomic E-state index is 14.0. The van der Waals surface area contributed by atoms with Crippen molar-refractivity contribution < 1.29 is 18.0 Å². The molecule has 0 unspecified atom stereocenters. The number of hydrogen-bond donors (Lipinski definition) is 1. The van der Waals surface area contributed by atoms with Gasteiger partial charge in [0.25, 0.3) is 0 Å². The number of rotatable bonds is 3. The summed E-state index contributed by atoms with van der Waals surface area (Å²) in [6.45, 7) is 0. The van der Waals surface area contributed by atoms with Crippen LogP contribution < -0.4 is 5.73 Å². The van der Waals surface area contributed by atoms with Crippen LogP contribution in [0.2, 0.25) is 0 Å². The third-order valence-electron chi connectivity index (χ3n) is 4.44. The molecule has 0 aliphatic rings. The molecule has 1 aromatic heterocycles.